The van der Waals surface area contributed by atoms with Gasteiger partial charge in [0.05, 0.1) is 4.90 Å². The van der Waals surface area contributed by atoms with Crippen LogP contribution in [0.1, 0.15) is 26.2 Å². The van der Waals surface area contributed by atoms with Crippen LogP contribution in [0.2, 0.25) is 0 Å². The van der Waals surface area contributed by atoms with E-state index in [0.717, 1.165) is 0 Å². The highest BCUT2D eigenvalue weighted by Gasteiger charge is 2.35. The van der Waals surface area contributed by atoms with Crippen LogP contribution in [-0.2, 0) is 19.6 Å². The number of piperidine rings is 1. The van der Waals surface area contributed by atoms with E-state index in [-0.39, 0.29) is 22.6 Å². The lowest BCUT2D eigenvalue weighted by molar-refractivity contribution is -0.142. The minimum Gasteiger partial charge on any atom is -0.486 e. The first-order chi connectivity index (χ1) is 14.9. The summed E-state index contributed by atoms with van der Waals surface area (Å²) in [6, 6.07) is 4.68. The minimum atomic E-state index is -3.66. The van der Waals surface area contributed by atoms with Crippen molar-refractivity contribution in [1.29, 1.82) is 0 Å². The van der Waals surface area contributed by atoms with Gasteiger partial charge >= 0.3 is 0 Å². The van der Waals surface area contributed by atoms with Crippen LogP contribution in [0.15, 0.2) is 23.1 Å². The molecule has 2 fully saturated rings. The molecule has 2 amide bonds. The molecular formula is C21H29N3O6S. The van der Waals surface area contributed by atoms with Crippen LogP contribution in [0.25, 0.3) is 0 Å². The Morgan fingerprint density at radius 2 is 1.55 bits per heavy atom. The lowest BCUT2D eigenvalue weighted by Crippen LogP contribution is -2.53. The Morgan fingerprint density at radius 1 is 0.935 bits per heavy atom. The molecule has 3 heterocycles. The highest BCUT2D eigenvalue weighted by molar-refractivity contribution is 7.89. The van der Waals surface area contributed by atoms with Gasteiger partial charge in [-0.2, -0.15) is 4.31 Å². The van der Waals surface area contributed by atoms with E-state index >= 15 is 0 Å². The quantitative estimate of drug-likeness (QED) is 0.676. The average molecular weight is 452 g/mol. The number of carbonyl (C=O) groups excluding carboxylic acids is 2. The predicted molar refractivity (Wildman–Crippen MR) is 112 cm³/mol. The number of benzene rings is 1. The number of hydrogen-bond donors (Lipinski definition) is 0. The Balaban J connectivity index is 1.34. The molecule has 4 rings (SSSR count). The molecule has 0 aliphatic carbocycles. The molecule has 10 heteroatoms. The van der Waals surface area contributed by atoms with Gasteiger partial charge in [-0.3, -0.25) is 9.59 Å². The lowest BCUT2D eigenvalue weighted by atomic mass is 9.96. The molecule has 0 bridgehead atoms. The summed E-state index contributed by atoms with van der Waals surface area (Å²) in [5, 5.41) is 0. The fourth-order valence-electron chi connectivity index (χ4n) is 4.33. The zero-order chi connectivity index (χ0) is 22.0. The number of fused-ring (bicyclic) bond motifs is 1. The molecule has 3 aliphatic rings. The van der Waals surface area contributed by atoms with Gasteiger partial charge in [-0.1, -0.05) is 6.92 Å². The van der Waals surface area contributed by atoms with Gasteiger partial charge in [0.1, 0.15) is 13.2 Å². The molecule has 2 saturated heterocycles. The highest BCUT2D eigenvalue weighted by Crippen LogP contribution is 2.34. The summed E-state index contributed by atoms with van der Waals surface area (Å²) >= 11 is 0. The maximum absolute atomic E-state index is 13.1. The molecule has 31 heavy (non-hydrogen) atoms. The first-order valence-electron chi connectivity index (χ1n) is 10.9. The summed E-state index contributed by atoms with van der Waals surface area (Å²) < 4.78 is 38.6. The summed E-state index contributed by atoms with van der Waals surface area (Å²) in [7, 11) is -3.66. The second-order valence-corrected chi connectivity index (χ2v) is 9.98. The average Bonchev–Trinajstić information content (AvgIpc) is 2.83. The van der Waals surface area contributed by atoms with Gasteiger partial charge in [0.25, 0.3) is 0 Å². The van der Waals surface area contributed by atoms with Crippen molar-refractivity contribution in [3.8, 4) is 11.5 Å². The van der Waals surface area contributed by atoms with Gasteiger partial charge in [0.15, 0.2) is 11.5 Å². The second-order valence-electron chi connectivity index (χ2n) is 8.04. The van der Waals surface area contributed by atoms with Crippen molar-refractivity contribution >= 4 is 21.8 Å². The van der Waals surface area contributed by atoms with Crippen molar-refractivity contribution in [3.05, 3.63) is 18.2 Å². The van der Waals surface area contributed by atoms with E-state index in [1.807, 2.05) is 11.8 Å². The summed E-state index contributed by atoms with van der Waals surface area (Å²) in [6.07, 6.45) is 1.47. The number of hydrogen-bond acceptors (Lipinski definition) is 6. The lowest BCUT2D eigenvalue weighted by Gasteiger charge is -2.38. The van der Waals surface area contributed by atoms with Gasteiger partial charge in [-0.25, -0.2) is 8.42 Å². The van der Waals surface area contributed by atoms with E-state index in [1.54, 1.807) is 11.0 Å². The number of rotatable bonds is 4. The number of carbonyl (C=O) groups is 2. The Hall–Kier alpha value is -2.33. The third kappa shape index (κ3) is 4.50. The number of piperazine rings is 1. The first-order valence-corrected chi connectivity index (χ1v) is 12.3. The largest absolute Gasteiger partial charge is 0.486 e. The van der Waals surface area contributed by atoms with E-state index in [2.05, 4.69) is 0 Å². The monoisotopic (exact) mass is 451 g/mol. The van der Waals surface area contributed by atoms with Crippen LogP contribution in [-0.4, -0.2) is 86.8 Å². The summed E-state index contributed by atoms with van der Waals surface area (Å²) in [6.45, 7) is 5.51. The third-order valence-electron chi connectivity index (χ3n) is 6.20. The van der Waals surface area contributed by atoms with E-state index < -0.39 is 10.0 Å². The molecule has 3 aliphatic heterocycles. The number of sulfonamides is 1. The smallest absolute Gasteiger partial charge is 0.243 e. The van der Waals surface area contributed by atoms with Gasteiger partial charge in [-0.15, -0.1) is 0 Å². The van der Waals surface area contributed by atoms with E-state index in [0.29, 0.717) is 83.2 Å². The highest BCUT2D eigenvalue weighted by atomic mass is 32.2. The maximum Gasteiger partial charge on any atom is 0.243 e. The molecule has 0 unspecified atom stereocenters. The van der Waals surface area contributed by atoms with Crippen molar-refractivity contribution < 1.29 is 27.5 Å². The molecule has 0 N–H and O–H groups in total. The van der Waals surface area contributed by atoms with Crippen LogP contribution >= 0.6 is 0 Å². The molecule has 9 nitrogen and oxygen atoms in total. The summed E-state index contributed by atoms with van der Waals surface area (Å²) in [4.78, 5) is 28.5. The number of nitrogens with zero attached hydrogens (tertiary/aromatic N) is 3. The minimum absolute atomic E-state index is 0.0694. The topological polar surface area (TPSA) is 96.5 Å². The van der Waals surface area contributed by atoms with E-state index in [9.17, 15) is 18.0 Å². The fraction of sp³-hybridized carbons (Fsp3) is 0.619. The molecule has 0 aromatic heterocycles. The Morgan fingerprint density at radius 3 is 2.19 bits per heavy atom. The first kappa shape index (κ1) is 21.9. The normalized spacial score (nSPS) is 20.5. The van der Waals surface area contributed by atoms with E-state index in [4.69, 9.17) is 9.47 Å². The molecular weight excluding hydrogens is 422 g/mol. The maximum atomic E-state index is 13.1. The van der Waals surface area contributed by atoms with Crippen molar-refractivity contribution in [2.45, 2.75) is 31.1 Å². The van der Waals surface area contributed by atoms with Gasteiger partial charge in [0, 0.05) is 57.7 Å². The molecule has 170 valence electrons. The third-order valence-corrected chi connectivity index (χ3v) is 8.10. The molecule has 1 aromatic carbocycles. The molecule has 1 aromatic rings. The van der Waals surface area contributed by atoms with Crippen LogP contribution in [0.5, 0.6) is 11.5 Å². The van der Waals surface area contributed by atoms with Crippen LogP contribution in [0.4, 0.5) is 0 Å². The fourth-order valence-corrected chi connectivity index (χ4v) is 5.82. The van der Waals surface area contributed by atoms with Gasteiger partial charge in [0.2, 0.25) is 21.8 Å². The van der Waals surface area contributed by atoms with Crippen LogP contribution in [0, 0.1) is 5.92 Å². The standard InChI is InChI=1S/C21H29N3O6S/c1-2-20(25)22-9-11-23(12-10-22)21(26)16-5-7-24(8-6-16)31(27,28)17-3-4-18-19(15-17)30-14-13-29-18/h3-4,15-16H,2,5-14H2,1H3. The zero-order valence-electron chi connectivity index (χ0n) is 17.8. The van der Waals surface area contributed by atoms with E-state index in [1.165, 1.54) is 16.4 Å². The van der Waals surface area contributed by atoms with Crippen LogP contribution in [0.3, 0.4) is 0 Å². The summed E-state index contributed by atoms with van der Waals surface area (Å²) in [5.41, 5.74) is 0. The van der Waals surface area contributed by atoms with Crippen molar-refractivity contribution in [2.24, 2.45) is 5.92 Å². The van der Waals surface area contributed by atoms with Crippen molar-refractivity contribution in [2.75, 3.05) is 52.5 Å². The van der Waals surface area contributed by atoms with Crippen molar-refractivity contribution in [3.63, 3.8) is 0 Å². The molecule has 0 saturated carbocycles. The SMILES string of the molecule is CCC(=O)N1CCN(C(=O)C2CCN(S(=O)(=O)c3ccc4c(c3)OCCO4)CC2)CC1. The zero-order valence-corrected chi connectivity index (χ0v) is 18.6. The molecule has 0 atom stereocenters. The van der Waals surface area contributed by atoms with Gasteiger partial charge in [-0.05, 0) is 25.0 Å². The predicted octanol–water partition coefficient (Wildman–Crippen LogP) is 0.939. The summed E-state index contributed by atoms with van der Waals surface area (Å²) in [5.74, 6) is 0.998. The number of amides is 2. The second kappa shape index (κ2) is 9.04. The molecule has 0 radical (unpaired) electrons. The van der Waals surface area contributed by atoms with Crippen molar-refractivity contribution in [1.82, 2.24) is 14.1 Å². The Kier molecular flexibility index (Phi) is 6.38. The van der Waals surface area contributed by atoms with Gasteiger partial charge < -0.3 is 19.3 Å². The Labute approximate surface area is 182 Å². The van der Waals surface area contributed by atoms with Crippen LogP contribution < -0.4 is 9.47 Å². The Bertz CT molecular complexity index is 934. The number of ether oxygens (including phenoxy) is 2. The molecule has 0 spiro atoms.